The Hall–Kier alpha value is -3.37. The van der Waals surface area contributed by atoms with Crippen LogP contribution in [0.1, 0.15) is 84.5 Å². The van der Waals surface area contributed by atoms with Crippen molar-refractivity contribution in [3.05, 3.63) is 46.6 Å². The number of aliphatic hydroxyl groups is 1. The number of pyridine rings is 1. The van der Waals surface area contributed by atoms with Crippen LogP contribution in [0.25, 0.3) is 0 Å². The normalized spacial score (nSPS) is 15.1. The fourth-order valence-electron chi connectivity index (χ4n) is 5.09. The number of carboxylic acids is 1. The minimum atomic E-state index is -1.27. The van der Waals surface area contributed by atoms with E-state index in [1.165, 1.54) is 7.11 Å². The number of benzene rings is 1. The Labute approximate surface area is 265 Å². The van der Waals surface area contributed by atoms with E-state index in [1.54, 1.807) is 40.3 Å². The molecule has 11 heteroatoms. The second-order valence-corrected chi connectivity index (χ2v) is 14.2. The SMILES string of the molecule is COc1ncccc1[C@@H](O)c1cc(Cl)cc(OCC(C)(C)C)c1N(CC(C)(C)C)C(=O)CCC(=O)N1CCC(C(=O)O)CC1. The van der Waals surface area contributed by atoms with Crippen LogP contribution in [0.4, 0.5) is 5.69 Å². The second-order valence-electron chi connectivity index (χ2n) is 13.7. The molecule has 0 spiro atoms. The molecule has 0 unspecified atom stereocenters. The zero-order valence-corrected chi connectivity index (χ0v) is 27.6. The number of carboxylic acid groups (broad SMARTS) is 1. The van der Waals surface area contributed by atoms with Crippen LogP contribution in [0.5, 0.6) is 11.6 Å². The van der Waals surface area contributed by atoms with Gasteiger partial charge in [-0.25, -0.2) is 4.98 Å². The van der Waals surface area contributed by atoms with E-state index in [1.807, 2.05) is 41.5 Å². The van der Waals surface area contributed by atoms with Gasteiger partial charge < -0.3 is 29.5 Å². The molecular formula is C33H46ClN3O7. The largest absolute Gasteiger partial charge is 0.491 e. The Bertz CT molecular complexity index is 1330. The van der Waals surface area contributed by atoms with Crippen molar-refractivity contribution in [2.24, 2.45) is 16.7 Å². The number of rotatable bonds is 11. The van der Waals surface area contributed by atoms with Crippen LogP contribution in [-0.2, 0) is 14.4 Å². The molecule has 1 saturated heterocycles. The Balaban J connectivity index is 2.03. The molecule has 242 valence electrons. The van der Waals surface area contributed by atoms with E-state index in [0.717, 1.165) is 0 Å². The Kier molecular flexibility index (Phi) is 11.7. The molecule has 2 N–H and O–H groups in total. The molecule has 3 rings (SSSR count). The van der Waals surface area contributed by atoms with Crippen molar-refractivity contribution in [2.75, 3.05) is 38.3 Å². The van der Waals surface area contributed by atoms with Crippen molar-refractivity contribution >= 4 is 35.1 Å². The van der Waals surface area contributed by atoms with Crippen LogP contribution in [0.15, 0.2) is 30.5 Å². The molecule has 10 nitrogen and oxygen atoms in total. The van der Waals surface area contributed by atoms with Gasteiger partial charge in [-0.1, -0.05) is 53.1 Å². The zero-order valence-electron chi connectivity index (χ0n) is 26.9. The van der Waals surface area contributed by atoms with Crippen molar-refractivity contribution in [1.82, 2.24) is 9.88 Å². The van der Waals surface area contributed by atoms with E-state index in [0.29, 0.717) is 60.1 Å². The molecule has 2 aromatic rings. The molecular weight excluding hydrogens is 586 g/mol. The molecule has 1 aliphatic heterocycles. The second kappa shape index (κ2) is 14.6. The Morgan fingerprint density at radius 3 is 2.30 bits per heavy atom. The highest BCUT2D eigenvalue weighted by molar-refractivity contribution is 6.31. The van der Waals surface area contributed by atoms with Crippen LogP contribution < -0.4 is 14.4 Å². The van der Waals surface area contributed by atoms with E-state index < -0.39 is 18.0 Å². The molecule has 0 radical (unpaired) electrons. The predicted molar refractivity (Wildman–Crippen MR) is 169 cm³/mol. The van der Waals surface area contributed by atoms with Gasteiger partial charge in [0.15, 0.2) is 0 Å². The minimum absolute atomic E-state index is 0.0305. The van der Waals surface area contributed by atoms with Gasteiger partial charge >= 0.3 is 5.97 Å². The number of nitrogens with zero attached hydrogens (tertiary/aromatic N) is 3. The van der Waals surface area contributed by atoms with Crippen LogP contribution >= 0.6 is 11.6 Å². The maximum Gasteiger partial charge on any atom is 0.306 e. The van der Waals surface area contributed by atoms with Gasteiger partial charge in [-0.2, -0.15) is 0 Å². The number of hydrogen-bond acceptors (Lipinski definition) is 7. The number of carbonyl (C=O) groups is 3. The lowest BCUT2D eigenvalue weighted by Gasteiger charge is -2.35. The highest BCUT2D eigenvalue weighted by Gasteiger charge is 2.33. The fraction of sp³-hybridized carbons (Fsp3) is 0.576. The number of likely N-dealkylation sites (tertiary alicyclic amines) is 1. The molecule has 44 heavy (non-hydrogen) atoms. The number of aliphatic carboxylic acids is 1. The number of piperidine rings is 1. The summed E-state index contributed by atoms with van der Waals surface area (Å²) in [6, 6.07) is 6.63. The predicted octanol–water partition coefficient (Wildman–Crippen LogP) is 5.73. The summed E-state index contributed by atoms with van der Waals surface area (Å²) < 4.78 is 11.7. The van der Waals surface area contributed by atoms with E-state index in [4.69, 9.17) is 21.1 Å². The summed E-state index contributed by atoms with van der Waals surface area (Å²) >= 11 is 6.58. The van der Waals surface area contributed by atoms with E-state index in [2.05, 4.69) is 4.98 Å². The first-order chi connectivity index (χ1) is 20.5. The number of methoxy groups -OCH3 is 1. The number of aromatic nitrogens is 1. The van der Waals surface area contributed by atoms with E-state index >= 15 is 0 Å². The molecule has 0 aliphatic carbocycles. The fourth-order valence-corrected chi connectivity index (χ4v) is 5.31. The average molecular weight is 632 g/mol. The van der Waals surface area contributed by atoms with Gasteiger partial charge in [0.25, 0.3) is 0 Å². The van der Waals surface area contributed by atoms with Crippen molar-refractivity contribution in [3.8, 4) is 11.6 Å². The summed E-state index contributed by atoms with van der Waals surface area (Å²) in [7, 11) is 1.46. The smallest absolute Gasteiger partial charge is 0.306 e. The maximum absolute atomic E-state index is 14.1. The quantitative estimate of drug-likeness (QED) is 0.322. The van der Waals surface area contributed by atoms with E-state index in [-0.39, 0.29) is 47.9 Å². The van der Waals surface area contributed by atoms with Gasteiger partial charge in [0, 0.05) is 60.9 Å². The van der Waals surface area contributed by atoms with Gasteiger partial charge in [0.1, 0.15) is 11.9 Å². The zero-order chi connectivity index (χ0) is 32.8. The number of halogens is 1. The maximum atomic E-state index is 14.1. The molecule has 0 bridgehead atoms. The van der Waals surface area contributed by atoms with E-state index in [9.17, 15) is 24.6 Å². The third-order valence-corrected chi connectivity index (χ3v) is 7.48. The van der Waals surface area contributed by atoms with Crippen molar-refractivity contribution in [2.45, 2.75) is 73.3 Å². The molecule has 2 heterocycles. The number of aliphatic hydroxyl groups excluding tert-OH is 1. The summed E-state index contributed by atoms with van der Waals surface area (Å²) in [5.41, 5.74) is 0.514. The summed E-state index contributed by atoms with van der Waals surface area (Å²) in [5, 5.41) is 21.4. The van der Waals surface area contributed by atoms with Crippen molar-refractivity contribution in [1.29, 1.82) is 0 Å². The highest BCUT2D eigenvalue weighted by Crippen LogP contribution is 2.44. The van der Waals surface area contributed by atoms with Gasteiger partial charge in [-0.05, 0) is 41.9 Å². The van der Waals surface area contributed by atoms with Crippen LogP contribution in [-0.4, -0.2) is 71.2 Å². The number of anilines is 1. The number of amides is 2. The first-order valence-corrected chi connectivity index (χ1v) is 15.3. The molecule has 0 saturated carbocycles. The van der Waals surface area contributed by atoms with Crippen LogP contribution in [0.2, 0.25) is 5.02 Å². The monoisotopic (exact) mass is 631 g/mol. The average Bonchev–Trinajstić information content (AvgIpc) is 2.96. The summed E-state index contributed by atoms with van der Waals surface area (Å²) in [6.07, 6.45) is 0.963. The van der Waals surface area contributed by atoms with Crippen LogP contribution in [0, 0.1) is 16.7 Å². The lowest BCUT2D eigenvalue weighted by atomic mass is 9.93. The molecule has 1 atom stereocenters. The van der Waals surface area contributed by atoms with Gasteiger partial charge in [-0.3, -0.25) is 14.4 Å². The molecule has 1 aromatic heterocycles. The molecule has 1 fully saturated rings. The summed E-state index contributed by atoms with van der Waals surface area (Å²) in [6.45, 7) is 13.3. The topological polar surface area (TPSA) is 130 Å². The standard InChI is InChI=1S/C33H46ClN3O7/c1-32(2,3)19-37(27(39)11-10-26(38)36-15-12-21(13-16-36)31(41)42)28-24(29(40)23-9-8-14-35-30(23)43-7)17-22(34)18-25(28)44-20-33(4,5)6/h8-9,14,17-18,21,29,40H,10-13,15-16,19-20H2,1-7H3,(H,41,42)/t29-/m1/s1. The first kappa shape index (κ1) is 35.1. The van der Waals surface area contributed by atoms with Gasteiger partial charge in [0.2, 0.25) is 17.7 Å². The Morgan fingerprint density at radius 2 is 1.73 bits per heavy atom. The third kappa shape index (κ3) is 9.56. The number of hydrogen-bond donors (Lipinski definition) is 2. The number of ether oxygens (including phenoxy) is 2. The van der Waals surface area contributed by atoms with Crippen LogP contribution in [0.3, 0.4) is 0 Å². The molecule has 1 aliphatic rings. The number of carbonyl (C=O) groups excluding carboxylic acids is 2. The van der Waals surface area contributed by atoms with Crippen molar-refractivity contribution in [3.63, 3.8) is 0 Å². The molecule has 1 aromatic carbocycles. The van der Waals surface area contributed by atoms with Gasteiger partial charge in [-0.15, -0.1) is 0 Å². The third-order valence-electron chi connectivity index (χ3n) is 7.27. The summed E-state index contributed by atoms with van der Waals surface area (Å²) in [5.74, 6) is -1.25. The lowest BCUT2D eigenvalue weighted by molar-refractivity contribution is -0.145. The van der Waals surface area contributed by atoms with Crippen molar-refractivity contribution < 1.29 is 34.1 Å². The minimum Gasteiger partial charge on any atom is -0.491 e. The Morgan fingerprint density at radius 1 is 1.07 bits per heavy atom. The summed E-state index contributed by atoms with van der Waals surface area (Å²) in [4.78, 5) is 45.9. The lowest BCUT2D eigenvalue weighted by Crippen LogP contribution is -2.42. The van der Waals surface area contributed by atoms with Gasteiger partial charge in [0.05, 0.1) is 25.3 Å². The first-order valence-electron chi connectivity index (χ1n) is 14.9. The highest BCUT2D eigenvalue weighted by atomic mass is 35.5. The molecule has 2 amide bonds.